The number of nitrogens with one attached hydrogen (secondary N) is 1. The van der Waals surface area contributed by atoms with Gasteiger partial charge in [-0.1, -0.05) is 54.1 Å². The lowest BCUT2D eigenvalue weighted by molar-refractivity contribution is -0.145. The fourth-order valence-electron chi connectivity index (χ4n) is 3.63. The highest BCUT2D eigenvalue weighted by atomic mass is 35.5. The molecule has 1 aliphatic heterocycles. The van der Waals surface area contributed by atoms with Crippen molar-refractivity contribution in [3.63, 3.8) is 0 Å². The van der Waals surface area contributed by atoms with Gasteiger partial charge in [-0.2, -0.15) is 0 Å². The molecule has 3 aromatic rings. The lowest BCUT2D eigenvalue weighted by Crippen LogP contribution is -2.18. The molecule has 28 heavy (non-hydrogen) atoms. The van der Waals surface area contributed by atoms with E-state index < -0.39 is 12.1 Å². The van der Waals surface area contributed by atoms with Crippen LogP contribution in [0.3, 0.4) is 0 Å². The molecule has 0 aliphatic carbocycles. The van der Waals surface area contributed by atoms with Crippen LogP contribution in [0.25, 0.3) is 0 Å². The van der Waals surface area contributed by atoms with Gasteiger partial charge in [0.1, 0.15) is 5.75 Å². The maximum absolute atomic E-state index is 11.7. The average molecular weight is 394 g/mol. The van der Waals surface area contributed by atoms with Gasteiger partial charge in [-0.25, -0.2) is 4.79 Å². The van der Waals surface area contributed by atoms with Crippen molar-refractivity contribution in [3.8, 4) is 5.75 Å². The fraction of sp³-hybridized carbons (Fsp3) is 0.174. The molecule has 2 N–H and O–H groups in total. The second-order valence-corrected chi connectivity index (χ2v) is 7.25. The van der Waals surface area contributed by atoms with Gasteiger partial charge >= 0.3 is 5.97 Å². The smallest absolute Gasteiger partial charge is 0.349 e. The normalized spacial score (nSPS) is 16.5. The van der Waals surface area contributed by atoms with Crippen molar-refractivity contribution in [1.29, 1.82) is 0 Å². The molecule has 0 saturated heterocycles. The predicted molar refractivity (Wildman–Crippen MR) is 110 cm³/mol. The molecule has 0 bridgehead atoms. The Labute approximate surface area is 168 Å². The van der Waals surface area contributed by atoms with Crippen molar-refractivity contribution in [1.82, 2.24) is 0 Å². The maximum Gasteiger partial charge on any atom is 0.349 e. The van der Waals surface area contributed by atoms with Crippen LogP contribution in [-0.4, -0.2) is 17.6 Å². The van der Waals surface area contributed by atoms with E-state index in [9.17, 15) is 9.90 Å². The standard InChI is InChI=1S/C23H20ClNO3/c24-17-9-5-16(6-10-17)22(23(26)27)28-18-11-7-15(8-12-18)19-13-14-25-21-4-2-1-3-20(19)21/h1-12,19,22,25H,13-14H2,(H,26,27). The molecule has 0 spiro atoms. The van der Waals surface area contributed by atoms with Crippen molar-refractivity contribution in [2.75, 3.05) is 11.9 Å². The zero-order valence-corrected chi connectivity index (χ0v) is 15.9. The Morgan fingerprint density at radius 2 is 1.75 bits per heavy atom. The van der Waals surface area contributed by atoms with Crippen LogP contribution >= 0.6 is 11.6 Å². The Balaban J connectivity index is 1.55. The molecule has 1 aliphatic rings. The van der Waals surface area contributed by atoms with Crippen LogP contribution in [0.4, 0.5) is 5.69 Å². The number of hydrogen-bond donors (Lipinski definition) is 2. The molecule has 1 heterocycles. The van der Waals surface area contributed by atoms with E-state index in [1.165, 1.54) is 16.8 Å². The number of anilines is 1. The third-order valence-corrected chi connectivity index (χ3v) is 5.27. The summed E-state index contributed by atoms with van der Waals surface area (Å²) >= 11 is 5.89. The minimum Gasteiger partial charge on any atom is -0.478 e. The SMILES string of the molecule is O=C(O)C(Oc1ccc(C2CCNc3ccccc32)cc1)c1ccc(Cl)cc1. The zero-order valence-electron chi connectivity index (χ0n) is 15.1. The molecule has 4 nitrogen and oxygen atoms in total. The highest BCUT2D eigenvalue weighted by Gasteiger charge is 2.23. The molecular formula is C23H20ClNO3. The Bertz CT molecular complexity index is 970. The number of carboxylic acids is 1. The molecule has 0 amide bonds. The van der Waals surface area contributed by atoms with Crippen molar-refractivity contribution < 1.29 is 14.6 Å². The van der Waals surface area contributed by atoms with Gasteiger partial charge in [-0.15, -0.1) is 0 Å². The molecule has 2 unspecified atom stereocenters. The van der Waals surface area contributed by atoms with Gasteiger partial charge in [0, 0.05) is 28.7 Å². The number of aliphatic carboxylic acids is 1. The molecule has 0 saturated carbocycles. The van der Waals surface area contributed by atoms with Gasteiger partial charge in [0.25, 0.3) is 0 Å². The summed E-state index contributed by atoms with van der Waals surface area (Å²) in [5, 5.41) is 13.6. The van der Waals surface area contributed by atoms with E-state index >= 15 is 0 Å². The second-order valence-electron chi connectivity index (χ2n) is 6.81. The predicted octanol–water partition coefficient (Wildman–Crippen LogP) is 5.49. The summed E-state index contributed by atoms with van der Waals surface area (Å²) in [5.74, 6) is -0.204. The van der Waals surface area contributed by atoms with Crippen LogP contribution in [-0.2, 0) is 4.79 Å². The highest BCUT2D eigenvalue weighted by Crippen LogP contribution is 2.37. The van der Waals surface area contributed by atoms with Gasteiger partial charge in [-0.3, -0.25) is 0 Å². The first-order valence-electron chi connectivity index (χ1n) is 9.19. The second kappa shape index (κ2) is 7.95. The van der Waals surface area contributed by atoms with Gasteiger partial charge in [0.2, 0.25) is 6.10 Å². The van der Waals surface area contributed by atoms with Crippen molar-refractivity contribution in [2.45, 2.75) is 18.4 Å². The van der Waals surface area contributed by atoms with E-state index in [0.29, 0.717) is 22.3 Å². The highest BCUT2D eigenvalue weighted by molar-refractivity contribution is 6.30. The number of carboxylic acid groups (broad SMARTS) is 1. The summed E-state index contributed by atoms with van der Waals surface area (Å²) < 4.78 is 5.76. The van der Waals surface area contributed by atoms with Crippen LogP contribution < -0.4 is 10.1 Å². The van der Waals surface area contributed by atoms with Gasteiger partial charge in [-0.05, 0) is 47.9 Å². The molecule has 0 fully saturated rings. The molecule has 3 aromatic carbocycles. The van der Waals surface area contributed by atoms with E-state index in [1.54, 1.807) is 24.3 Å². The topological polar surface area (TPSA) is 58.6 Å². The molecule has 0 aromatic heterocycles. The minimum absolute atomic E-state index is 0.318. The van der Waals surface area contributed by atoms with E-state index in [2.05, 4.69) is 23.5 Å². The Hall–Kier alpha value is -2.98. The van der Waals surface area contributed by atoms with E-state index in [4.69, 9.17) is 16.3 Å². The summed E-state index contributed by atoms with van der Waals surface area (Å²) in [4.78, 5) is 11.7. The van der Waals surface area contributed by atoms with Crippen LogP contribution in [0.5, 0.6) is 5.75 Å². The summed E-state index contributed by atoms with van der Waals surface area (Å²) in [6, 6.07) is 22.7. The van der Waals surface area contributed by atoms with E-state index in [-0.39, 0.29) is 0 Å². The number of hydrogen-bond acceptors (Lipinski definition) is 3. The largest absolute Gasteiger partial charge is 0.478 e. The van der Waals surface area contributed by atoms with Crippen LogP contribution in [0, 0.1) is 0 Å². The summed E-state index contributed by atoms with van der Waals surface area (Å²) in [7, 11) is 0. The van der Waals surface area contributed by atoms with Gasteiger partial charge in [0.15, 0.2) is 0 Å². The van der Waals surface area contributed by atoms with Gasteiger partial charge < -0.3 is 15.2 Å². The first-order valence-corrected chi connectivity index (χ1v) is 9.57. The number of rotatable bonds is 5. The minimum atomic E-state index is -1.08. The molecule has 5 heteroatoms. The summed E-state index contributed by atoms with van der Waals surface area (Å²) in [5.41, 5.74) is 4.20. The van der Waals surface area contributed by atoms with Crippen molar-refractivity contribution in [2.24, 2.45) is 0 Å². The fourth-order valence-corrected chi connectivity index (χ4v) is 3.75. The molecular weight excluding hydrogens is 374 g/mol. The lowest BCUT2D eigenvalue weighted by Gasteiger charge is -2.27. The Morgan fingerprint density at radius 3 is 2.46 bits per heavy atom. The number of benzene rings is 3. The molecule has 142 valence electrons. The number of carbonyl (C=O) groups is 1. The first kappa shape index (κ1) is 18.4. The first-order chi connectivity index (χ1) is 13.6. The van der Waals surface area contributed by atoms with Crippen LogP contribution in [0.15, 0.2) is 72.8 Å². The summed E-state index contributed by atoms with van der Waals surface area (Å²) in [6.45, 7) is 0.928. The van der Waals surface area contributed by atoms with Crippen LogP contribution in [0.2, 0.25) is 5.02 Å². The maximum atomic E-state index is 11.7. The molecule has 2 atom stereocenters. The quantitative estimate of drug-likeness (QED) is 0.601. The van der Waals surface area contributed by atoms with Crippen molar-refractivity contribution in [3.05, 3.63) is 94.5 Å². The van der Waals surface area contributed by atoms with Crippen LogP contribution in [0.1, 0.15) is 35.1 Å². The third kappa shape index (κ3) is 3.82. The van der Waals surface area contributed by atoms with Gasteiger partial charge in [0.05, 0.1) is 0 Å². The average Bonchev–Trinajstić information content (AvgIpc) is 2.73. The Morgan fingerprint density at radius 1 is 1.04 bits per heavy atom. The monoisotopic (exact) mass is 393 g/mol. The lowest BCUT2D eigenvalue weighted by atomic mass is 9.85. The summed E-state index contributed by atoms with van der Waals surface area (Å²) in [6.07, 6.45) is -0.0672. The number of para-hydroxylation sites is 1. The zero-order chi connectivity index (χ0) is 19.5. The molecule has 4 rings (SSSR count). The molecule has 0 radical (unpaired) electrons. The Kier molecular flexibility index (Phi) is 5.22. The number of fused-ring (bicyclic) bond motifs is 1. The van der Waals surface area contributed by atoms with E-state index in [0.717, 1.165) is 13.0 Å². The van der Waals surface area contributed by atoms with E-state index in [1.807, 2.05) is 30.3 Å². The van der Waals surface area contributed by atoms with Crippen molar-refractivity contribution >= 4 is 23.3 Å². The number of ether oxygens (including phenoxy) is 1. The third-order valence-electron chi connectivity index (χ3n) is 5.02. The number of halogens is 1.